The summed E-state index contributed by atoms with van der Waals surface area (Å²) in [4.78, 5) is 16.2. The topological polar surface area (TPSA) is 84.0 Å². The van der Waals surface area contributed by atoms with Crippen LogP contribution in [0.3, 0.4) is 0 Å². The van der Waals surface area contributed by atoms with E-state index in [1.165, 1.54) is 0 Å². The van der Waals surface area contributed by atoms with Crippen LogP contribution in [-0.2, 0) is 4.79 Å². The number of carbonyl (C=O) groups excluding carboxylic acids is 1. The van der Waals surface area contributed by atoms with Gasteiger partial charge in [-0.15, -0.1) is 24.0 Å². The van der Waals surface area contributed by atoms with Crippen LogP contribution < -0.4 is 25.4 Å². The van der Waals surface area contributed by atoms with E-state index in [-0.39, 0.29) is 36.4 Å². The fraction of sp³-hybridized carbons (Fsp3) is 0.263. The minimum absolute atomic E-state index is 0. The highest BCUT2D eigenvalue weighted by molar-refractivity contribution is 14.0. The molecule has 0 unspecified atom stereocenters. The Bertz CT molecular complexity index is 784. The Morgan fingerprint density at radius 2 is 1.74 bits per heavy atom. The number of anilines is 2. The first kappa shape index (κ1) is 20.8. The van der Waals surface area contributed by atoms with Gasteiger partial charge in [0.2, 0.25) is 5.91 Å². The molecule has 0 aromatic heterocycles. The van der Waals surface area contributed by atoms with Gasteiger partial charge < -0.3 is 25.4 Å². The molecule has 3 rings (SSSR count). The summed E-state index contributed by atoms with van der Waals surface area (Å²) in [7, 11) is 1.65. The Kier molecular flexibility index (Phi) is 8.18. The van der Waals surface area contributed by atoms with E-state index in [1.807, 2.05) is 48.5 Å². The van der Waals surface area contributed by atoms with Gasteiger partial charge in [-0.05, 0) is 24.3 Å². The SMILES string of the molecule is CN=C(NCC(=O)Nc1ccccc1)Nc1ccc2c(c1)OCCCO2.I. The third kappa shape index (κ3) is 6.31. The molecule has 2 aromatic rings. The van der Waals surface area contributed by atoms with E-state index in [2.05, 4.69) is 20.9 Å². The zero-order valence-electron chi connectivity index (χ0n) is 15.0. The molecular formula is C19H23IN4O3. The van der Waals surface area contributed by atoms with E-state index in [0.717, 1.165) is 23.5 Å². The minimum Gasteiger partial charge on any atom is -0.490 e. The van der Waals surface area contributed by atoms with Crippen molar-refractivity contribution in [3.8, 4) is 11.5 Å². The summed E-state index contributed by atoms with van der Waals surface area (Å²) in [6.07, 6.45) is 0.858. The van der Waals surface area contributed by atoms with Crippen LogP contribution in [0.1, 0.15) is 6.42 Å². The molecular weight excluding hydrogens is 459 g/mol. The van der Waals surface area contributed by atoms with Crippen molar-refractivity contribution >= 4 is 47.2 Å². The Hall–Kier alpha value is -2.49. The number of aliphatic imine (C=N–C) groups is 1. The number of hydrogen-bond donors (Lipinski definition) is 3. The van der Waals surface area contributed by atoms with Gasteiger partial charge in [0.05, 0.1) is 19.8 Å². The van der Waals surface area contributed by atoms with Crippen LogP contribution in [0.4, 0.5) is 11.4 Å². The van der Waals surface area contributed by atoms with E-state index in [1.54, 1.807) is 7.05 Å². The van der Waals surface area contributed by atoms with Crippen molar-refractivity contribution in [2.24, 2.45) is 4.99 Å². The molecule has 7 nitrogen and oxygen atoms in total. The van der Waals surface area contributed by atoms with Crippen LogP contribution in [-0.4, -0.2) is 38.7 Å². The molecule has 1 amide bonds. The Morgan fingerprint density at radius 3 is 2.48 bits per heavy atom. The molecule has 0 fully saturated rings. The lowest BCUT2D eigenvalue weighted by molar-refractivity contribution is -0.115. The maximum absolute atomic E-state index is 12.0. The molecule has 8 heteroatoms. The number of rotatable bonds is 4. The first-order valence-electron chi connectivity index (χ1n) is 8.47. The average Bonchev–Trinajstić information content (AvgIpc) is 2.91. The van der Waals surface area contributed by atoms with Crippen molar-refractivity contribution < 1.29 is 14.3 Å². The number of ether oxygens (including phenoxy) is 2. The number of halogens is 1. The largest absolute Gasteiger partial charge is 0.490 e. The lowest BCUT2D eigenvalue weighted by Crippen LogP contribution is -2.37. The standard InChI is InChI=1S/C19H22N4O3.HI/c1-20-19(21-13-18(24)22-14-6-3-2-4-7-14)23-15-8-9-16-17(12-15)26-11-5-10-25-16;/h2-4,6-9,12H,5,10-11,13H2,1H3,(H,22,24)(H2,20,21,23);1H. The average molecular weight is 482 g/mol. The molecule has 1 aliphatic rings. The van der Waals surface area contributed by atoms with Gasteiger partial charge in [0.15, 0.2) is 17.5 Å². The maximum Gasteiger partial charge on any atom is 0.243 e. The predicted molar refractivity (Wildman–Crippen MR) is 118 cm³/mol. The quantitative estimate of drug-likeness (QED) is 0.355. The third-order valence-electron chi connectivity index (χ3n) is 3.71. The number of hydrogen-bond acceptors (Lipinski definition) is 4. The van der Waals surface area contributed by atoms with Gasteiger partial charge in [-0.2, -0.15) is 0 Å². The van der Waals surface area contributed by atoms with E-state index in [9.17, 15) is 4.79 Å². The van der Waals surface area contributed by atoms with Crippen molar-refractivity contribution in [2.45, 2.75) is 6.42 Å². The van der Waals surface area contributed by atoms with Gasteiger partial charge in [0, 0.05) is 30.9 Å². The molecule has 0 spiro atoms. The molecule has 0 saturated carbocycles. The highest BCUT2D eigenvalue weighted by Gasteiger charge is 2.11. The van der Waals surface area contributed by atoms with E-state index < -0.39 is 0 Å². The van der Waals surface area contributed by atoms with Crippen LogP contribution in [0.5, 0.6) is 11.5 Å². The van der Waals surface area contributed by atoms with Crippen LogP contribution in [0.25, 0.3) is 0 Å². The van der Waals surface area contributed by atoms with Crippen LogP contribution in [0, 0.1) is 0 Å². The molecule has 1 heterocycles. The molecule has 0 radical (unpaired) electrons. The number of nitrogens with zero attached hydrogens (tertiary/aromatic N) is 1. The summed E-state index contributed by atoms with van der Waals surface area (Å²) in [6, 6.07) is 14.9. The Morgan fingerprint density at radius 1 is 1.00 bits per heavy atom. The fourth-order valence-corrected chi connectivity index (χ4v) is 2.45. The number of benzene rings is 2. The lowest BCUT2D eigenvalue weighted by Gasteiger charge is -2.14. The summed E-state index contributed by atoms with van der Waals surface area (Å²) >= 11 is 0. The van der Waals surface area contributed by atoms with Gasteiger partial charge in [-0.1, -0.05) is 18.2 Å². The van der Waals surface area contributed by atoms with Crippen LogP contribution in [0.15, 0.2) is 53.5 Å². The minimum atomic E-state index is -0.155. The van der Waals surface area contributed by atoms with E-state index in [4.69, 9.17) is 9.47 Å². The van der Waals surface area contributed by atoms with Gasteiger partial charge >= 0.3 is 0 Å². The van der Waals surface area contributed by atoms with Gasteiger partial charge in [-0.25, -0.2) is 0 Å². The number of carbonyl (C=O) groups is 1. The zero-order chi connectivity index (χ0) is 18.2. The second-order valence-corrected chi connectivity index (χ2v) is 5.68. The van der Waals surface area contributed by atoms with Gasteiger partial charge in [0.1, 0.15) is 0 Å². The van der Waals surface area contributed by atoms with Crippen molar-refractivity contribution in [2.75, 3.05) is 37.4 Å². The molecule has 0 aliphatic carbocycles. The van der Waals surface area contributed by atoms with Crippen LogP contribution >= 0.6 is 24.0 Å². The third-order valence-corrected chi connectivity index (χ3v) is 3.71. The van der Waals surface area contributed by atoms with E-state index >= 15 is 0 Å². The zero-order valence-corrected chi connectivity index (χ0v) is 17.4. The molecule has 1 aliphatic heterocycles. The molecule has 27 heavy (non-hydrogen) atoms. The number of nitrogens with one attached hydrogen (secondary N) is 3. The Labute approximate surface area is 175 Å². The molecule has 2 aromatic carbocycles. The van der Waals surface area contributed by atoms with E-state index in [0.29, 0.717) is 24.9 Å². The van der Waals surface area contributed by atoms with Crippen molar-refractivity contribution in [1.82, 2.24) is 5.32 Å². The summed E-state index contributed by atoms with van der Waals surface area (Å²) < 4.78 is 11.3. The van der Waals surface area contributed by atoms with Crippen molar-refractivity contribution in [1.29, 1.82) is 0 Å². The second kappa shape index (κ2) is 10.6. The van der Waals surface area contributed by atoms with Crippen molar-refractivity contribution in [3.05, 3.63) is 48.5 Å². The van der Waals surface area contributed by atoms with Crippen LogP contribution in [0.2, 0.25) is 0 Å². The van der Waals surface area contributed by atoms with Gasteiger partial charge in [-0.3, -0.25) is 9.79 Å². The molecule has 0 saturated heterocycles. The number of para-hydroxylation sites is 1. The highest BCUT2D eigenvalue weighted by atomic mass is 127. The monoisotopic (exact) mass is 482 g/mol. The predicted octanol–water partition coefficient (Wildman–Crippen LogP) is 3.09. The summed E-state index contributed by atoms with van der Waals surface area (Å²) in [6.45, 7) is 1.38. The maximum atomic E-state index is 12.0. The summed E-state index contributed by atoms with van der Waals surface area (Å²) in [5, 5.41) is 8.94. The second-order valence-electron chi connectivity index (χ2n) is 5.68. The smallest absolute Gasteiger partial charge is 0.243 e. The first-order valence-corrected chi connectivity index (χ1v) is 8.47. The Balaban J connectivity index is 0.00000261. The van der Waals surface area contributed by atoms with Gasteiger partial charge in [0.25, 0.3) is 0 Å². The molecule has 0 bridgehead atoms. The molecule has 144 valence electrons. The highest BCUT2D eigenvalue weighted by Crippen LogP contribution is 2.32. The molecule has 0 atom stereocenters. The normalized spacial score (nSPS) is 13.0. The van der Waals surface area contributed by atoms with Crippen molar-refractivity contribution in [3.63, 3.8) is 0 Å². The first-order chi connectivity index (χ1) is 12.7. The lowest BCUT2D eigenvalue weighted by atomic mass is 10.3. The number of guanidine groups is 1. The number of amides is 1. The summed E-state index contributed by atoms with van der Waals surface area (Å²) in [5.74, 6) is 1.77. The fourth-order valence-electron chi connectivity index (χ4n) is 2.45. The summed E-state index contributed by atoms with van der Waals surface area (Å²) in [5.41, 5.74) is 1.55. The number of fused-ring (bicyclic) bond motifs is 1. The molecule has 3 N–H and O–H groups in total.